The first-order valence-corrected chi connectivity index (χ1v) is 12.7. The van der Waals surface area contributed by atoms with Gasteiger partial charge in [-0.25, -0.2) is 4.98 Å². The van der Waals surface area contributed by atoms with E-state index in [1.165, 1.54) is 6.20 Å². The molecule has 0 N–H and O–H groups in total. The molecule has 33 heavy (non-hydrogen) atoms. The molecule has 11 heteroatoms. The van der Waals surface area contributed by atoms with E-state index in [4.69, 9.17) is 0 Å². The number of pyridine rings is 1. The van der Waals surface area contributed by atoms with Gasteiger partial charge in [-0.3, -0.25) is 4.98 Å². The summed E-state index contributed by atoms with van der Waals surface area (Å²) in [4.78, 5) is 11.6. The first kappa shape index (κ1) is 22.8. The van der Waals surface area contributed by atoms with Gasteiger partial charge in [-0.15, -0.1) is 21.5 Å². The summed E-state index contributed by atoms with van der Waals surface area (Å²) in [5.41, 5.74) is 1.10. The quantitative estimate of drug-likeness (QED) is 0.350. The van der Waals surface area contributed by atoms with Crippen molar-refractivity contribution in [1.29, 1.82) is 0 Å². The molecule has 176 valence electrons. The summed E-state index contributed by atoms with van der Waals surface area (Å²) in [6.45, 7) is 6.86. The van der Waals surface area contributed by atoms with Crippen molar-refractivity contribution in [2.75, 3.05) is 25.4 Å². The van der Waals surface area contributed by atoms with E-state index in [2.05, 4.69) is 25.1 Å². The second kappa shape index (κ2) is 8.35. The molecule has 0 spiro atoms. The molecule has 2 atom stereocenters. The summed E-state index contributed by atoms with van der Waals surface area (Å²) < 4.78 is 40.5. The second-order valence-corrected chi connectivity index (χ2v) is 11.2. The van der Waals surface area contributed by atoms with Gasteiger partial charge in [0.1, 0.15) is 5.69 Å². The summed E-state index contributed by atoms with van der Waals surface area (Å²) in [7, 11) is 1.99. The lowest BCUT2D eigenvalue weighted by molar-refractivity contribution is -0.141. The third-order valence-electron chi connectivity index (χ3n) is 6.64. The van der Waals surface area contributed by atoms with Crippen molar-refractivity contribution in [2.24, 2.45) is 13.0 Å². The van der Waals surface area contributed by atoms with Crippen LogP contribution in [0.25, 0.3) is 10.7 Å². The minimum atomic E-state index is -4.39. The first-order chi connectivity index (χ1) is 15.7. The van der Waals surface area contributed by atoms with E-state index in [1.54, 1.807) is 29.2 Å². The lowest BCUT2D eigenvalue weighted by Gasteiger charge is -2.21. The van der Waals surface area contributed by atoms with Crippen molar-refractivity contribution in [3.8, 4) is 10.7 Å². The first-order valence-electron chi connectivity index (χ1n) is 10.9. The third-order valence-corrected chi connectivity index (χ3v) is 8.81. The van der Waals surface area contributed by atoms with Gasteiger partial charge in [-0.2, -0.15) is 13.2 Å². The fourth-order valence-electron chi connectivity index (χ4n) is 4.89. The molecule has 3 aromatic rings. The number of likely N-dealkylation sites (tertiary alicyclic amines) is 1. The summed E-state index contributed by atoms with van der Waals surface area (Å²) in [6, 6.07) is 2.73. The fourth-order valence-corrected chi connectivity index (χ4v) is 6.66. The van der Waals surface area contributed by atoms with Crippen LogP contribution >= 0.6 is 23.1 Å². The van der Waals surface area contributed by atoms with Crippen LogP contribution in [0.15, 0.2) is 23.5 Å². The number of aryl methyl sites for hydroxylation is 2. The monoisotopic (exact) mass is 494 g/mol. The number of thioether (sulfide) groups is 1. The zero-order chi connectivity index (χ0) is 23.4. The van der Waals surface area contributed by atoms with E-state index in [9.17, 15) is 13.2 Å². The van der Waals surface area contributed by atoms with Crippen molar-refractivity contribution in [1.82, 2.24) is 29.6 Å². The Kier molecular flexibility index (Phi) is 5.77. The Morgan fingerprint density at radius 3 is 2.73 bits per heavy atom. The van der Waals surface area contributed by atoms with E-state index < -0.39 is 11.9 Å². The van der Waals surface area contributed by atoms with Crippen LogP contribution in [-0.4, -0.2) is 55.0 Å². The number of fused-ring (bicyclic) bond motifs is 1. The molecular weight excluding hydrogens is 469 g/mol. The van der Waals surface area contributed by atoms with Gasteiger partial charge in [-0.05, 0) is 50.8 Å². The number of piperidine rings is 1. The zero-order valence-corrected chi connectivity index (χ0v) is 20.3. The molecule has 6 nitrogen and oxygen atoms in total. The Morgan fingerprint density at radius 1 is 1.24 bits per heavy atom. The average molecular weight is 495 g/mol. The van der Waals surface area contributed by atoms with Gasteiger partial charge >= 0.3 is 6.18 Å². The van der Waals surface area contributed by atoms with E-state index in [1.807, 2.05) is 25.5 Å². The highest BCUT2D eigenvalue weighted by molar-refractivity contribution is 7.99. The average Bonchev–Trinajstić information content (AvgIpc) is 3.00. The number of nitrogens with zero attached hydrogens (tertiary/aromatic N) is 6. The molecule has 2 fully saturated rings. The van der Waals surface area contributed by atoms with Gasteiger partial charge in [0.15, 0.2) is 11.0 Å². The molecule has 3 aromatic heterocycles. The zero-order valence-electron chi connectivity index (χ0n) is 18.7. The number of aromatic nitrogens is 5. The maximum Gasteiger partial charge on any atom is 0.433 e. The highest BCUT2D eigenvalue weighted by Gasteiger charge is 2.60. The smallest absolute Gasteiger partial charge is 0.304 e. The predicted molar refractivity (Wildman–Crippen MR) is 122 cm³/mol. The van der Waals surface area contributed by atoms with E-state index >= 15 is 0 Å². The number of hydrogen-bond acceptors (Lipinski definition) is 7. The topological polar surface area (TPSA) is 59.7 Å². The molecule has 1 aliphatic heterocycles. The van der Waals surface area contributed by atoms with Crippen LogP contribution in [0.2, 0.25) is 0 Å². The number of rotatable bonds is 7. The summed E-state index contributed by atoms with van der Waals surface area (Å²) in [5, 5.41) is 10.6. The Labute approximate surface area is 198 Å². The van der Waals surface area contributed by atoms with Crippen LogP contribution in [0.5, 0.6) is 0 Å². The van der Waals surface area contributed by atoms with E-state index in [0.717, 1.165) is 76.4 Å². The largest absolute Gasteiger partial charge is 0.433 e. The SMILES string of the molecule is Cc1nc(C)c(-c2nnc(SCCCN3C[C@@H]4C[C@]4(c4ccc(C(F)(F)F)nc4)C3)n2C)s1. The Bertz CT molecular complexity index is 1160. The van der Waals surface area contributed by atoms with Gasteiger partial charge in [0.25, 0.3) is 0 Å². The van der Waals surface area contributed by atoms with Crippen LogP contribution in [-0.2, 0) is 18.6 Å². The Balaban J connectivity index is 1.13. The van der Waals surface area contributed by atoms with Gasteiger partial charge in [0, 0.05) is 37.5 Å². The summed E-state index contributed by atoms with van der Waals surface area (Å²) in [5.74, 6) is 2.31. The second-order valence-electron chi connectivity index (χ2n) is 8.94. The standard InChI is InChI=1S/C22H25F3N6S2/c1-13-18(33-14(2)27-13)19-28-29-20(30(19)3)32-8-4-7-31-11-16-9-21(16,12-31)15-5-6-17(26-10-15)22(23,24)25/h5-6,10,16H,4,7-9,11-12H2,1-3H3/t16-,21+/m0/s1. The number of halogens is 3. The molecule has 5 rings (SSSR count). The molecule has 0 bridgehead atoms. The molecule has 0 amide bonds. The van der Waals surface area contributed by atoms with Gasteiger partial charge in [-0.1, -0.05) is 17.8 Å². The van der Waals surface area contributed by atoms with Crippen molar-refractivity contribution >= 4 is 23.1 Å². The fraction of sp³-hybridized carbons (Fsp3) is 0.545. The van der Waals surface area contributed by atoms with Crippen molar-refractivity contribution in [2.45, 2.75) is 43.4 Å². The normalized spacial score (nSPS) is 22.7. The van der Waals surface area contributed by atoms with Crippen molar-refractivity contribution in [3.05, 3.63) is 40.3 Å². The lowest BCUT2D eigenvalue weighted by Crippen LogP contribution is -2.28. The molecule has 1 saturated heterocycles. The van der Waals surface area contributed by atoms with Gasteiger partial charge in [0.2, 0.25) is 0 Å². The maximum absolute atomic E-state index is 12.8. The summed E-state index contributed by atoms with van der Waals surface area (Å²) >= 11 is 3.33. The Hall–Kier alpha value is -1.98. The highest BCUT2D eigenvalue weighted by atomic mass is 32.2. The highest BCUT2D eigenvalue weighted by Crippen LogP contribution is 2.59. The minimum absolute atomic E-state index is 0.00645. The Morgan fingerprint density at radius 2 is 2.06 bits per heavy atom. The van der Waals surface area contributed by atoms with Crippen LogP contribution in [0.3, 0.4) is 0 Å². The molecule has 1 aliphatic carbocycles. The molecule has 0 radical (unpaired) electrons. The van der Waals surface area contributed by atoms with Crippen molar-refractivity contribution < 1.29 is 13.2 Å². The van der Waals surface area contributed by atoms with Gasteiger partial charge < -0.3 is 9.47 Å². The maximum atomic E-state index is 12.8. The number of thiazole rings is 1. The van der Waals surface area contributed by atoms with E-state index in [0.29, 0.717) is 5.92 Å². The molecule has 4 heterocycles. The summed E-state index contributed by atoms with van der Waals surface area (Å²) in [6.07, 6.45) is -0.899. The van der Waals surface area contributed by atoms with Crippen LogP contribution in [0.1, 0.15) is 34.8 Å². The van der Waals surface area contributed by atoms with Gasteiger partial charge in [0.05, 0.1) is 15.6 Å². The predicted octanol–water partition coefficient (Wildman–Crippen LogP) is 4.72. The molecule has 2 aliphatic rings. The minimum Gasteiger partial charge on any atom is -0.304 e. The van der Waals surface area contributed by atoms with Crippen LogP contribution in [0.4, 0.5) is 13.2 Å². The lowest BCUT2D eigenvalue weighted by atomic mass is 9.96. The van der Waals surface area contributed by atoms with Crippen LogP contribution in [0, 0.1) is 19.8 Å². The molecule has 1 saturated carbocycles. The third kappa shape index (κ3) is 4.30. The molecule has 0 aromatic carbocycles. The van der Waals surface area contributed by atoms with Crippen molar-refractivity contribution in [3.63, 3.8) is 0 Å². The molecular formula is C22H25F3N6S2. The number of alkyl halides is 3. The number of hydrogen-bond donors (Lipinski definition) is 0. The molecule has 0 unspecified atom stereocenters. The van der Waals surface area contributed by atoms with E-state index in [-0.39, 0.29) is 5.41 Å². The van der Waals surface area contributed by atoms with Crippen LogP contribution < -0.4 is 0 Å².